The molecule has 0 aromatic heterocycles. The second-order valence-corrected chi connectivity index (χ2v) is 5.90. The molecule has 1 fully saturated rings. The highest BCUT2D eigenvalue weighted by Gasteiger charge is 2.27. The van der Waals surface area contributed by atoms with Crippen LogP contribution in [0.25, 0.3) is 0 Å². The zero-order chi connectivity index (χ0) is 13.1. The molecule has 2 rings (SSSR count). The standard InChI is InChI=1S/C13H16BrClN2O/c14-10-6-8(4-5-11(10)15)13(18)17-12-3-1-2-9(12)7-16/h4-6,9,12H,1-3,7,16H2,(H,17,18). The molecule has 0 bridgehead atoms. The lowest BCUT2D eigenvalue weighted by Crippen LogP contribution is -2.39. The van der Waals surface area contributed by atoms with E-state index >= 15 is 0 Å². The number of nitrogens with one attached hydrogen (secondary N) is 1. The van der Waals surface area contributed by atoms with E-state index in [1.54, 1.807) is 18.2 Å². The summed E-state index contributed by atoms with van der Waals surface area (Å²) in [5, 5.41) is 3.66. The topological polar surface area (TPSA) is 55.1 Å². The van der Waals surface area contributed by atoms with Crippen molar-refractivity contribution in [2.45, 2.75) is 25.3 Å². The maximum absolute atomic E-state index is 12.1. The largest absolute Gasteiger partial charge is 0.349 e. The van der Waals surface area contributed by atoms with E-state index in [9.17, 15) is 4.79 Å². The van der Waals surface area contributed by atoms with Crippen LogP contribution in [0.3, 0.4) is 0 Å². The van der Waals surface area contributed by atoms with Crippen LogP contribution in [0.5, 0.6) is 0 Å². The van der Waals surface area contributed by atoms with Crippen molar-refractivity contribution in [1.82, 2.24) is 5.32 Å². The molecule has 0 aliphatic heterocycles. The van der Waals surface area contributed by atoms with Crippen molar-refractivity contribution in [3.63, 3.8) is 0 Å². The van der Waals surface area contributed by atoms with Crippen molar-refractivity contribution in [1.29, 1.82) is 0 Å². The van der Waals surface area contributed by atoms with Crippen molar-refractivity contribution in [3.05, 3.63) is 33.3 Å². The van der Waals surface area contributed by atoms with Crippen LogP contribution in [0, 0.1) is 5.92 Å². The molecule has 1 saturated carbocycles. The number of rotatable bonds is 3. The molecule has 0 radical (unpaired) electrons. The van der Waals surface area contributed by atoms with Gasteiger partial charge < -0.3 is 11.1 Å². The van der Waals surface area contributed by atoms with Gasteiger partial charge in [-0.2, -0.15) is 0 Å². The SMILES string of the molecule is NCC1CCCC1NC(=O)c1ccc(Cl)c(Br)c1. The van der Waals surface area contributed by atoms with Gasteiger partial charge in [-0.15, -0.1) is 0 Å². The van der Waals surface area contributed by atoms with Gasteiger partial charge in [0, 0.05) is 16.1 Å². The number of nitrogens with two attached hydrogens (primary N) is 1. The minimum Gasteiger partial charge on any atom is -0.349 e. The van der Waals surface area contributed by atoms with Crippen molar-refractivity contribution in [2.24, 2.45) is 11.7 Å². The molecule has 2 unspecified atom stereocenters. The molecule has 0 spiro atoms. The van der Waals surface area contributed by atoms with Crippen LogP contribution in [0.1, 0.15) is 29.6 Å². The van der Waals surface area contributed by atoms with E-state index in [2.05, 4.69) is 21.2 Å². The van der Waals surface area contributed by atoms with Crippen LogP contribution in [0.2, 0.25) is 5.02 Å². The zero-order valence-electron chi connectivity index (χ0n) is 9.96. The maximum Gasteiger partial charge on any atom is 0.251 e. The molecule has 2 atom stereocenters. The van der Waals surface area contributed by atoms with E-state index in [1.165, 1.54) is 0 Å². The summed E-state index contributed by atoms with van der Waals surface area (Å²) in [5.41, 5.74) is 6.33. The lowest BCUT2D eigenvalue weighted by molar-refractivity contribution is 0.0928. The fourth-order valence-electron chi connectivity index (χ4n) is 2.40. The molecule has 3 nitrogen and oxygen atoms in total. The Hall–Kier alpha value is -0.580. The molecule has 1 aromatic carbocycles. The normalized spacial score (nSPS) is 23.1. The third kappa shape index (κ3) is 3.05. The summed E-state index contributed by atoms with van der Waals surface area (Å²) in [7, 11) is 0. The Morgan fingerprint density at radius 3 is 2.94 bits per heavy atom. The van der Waals surface area contributed by atoms with Gasteiger partial charge in [0.05, 0.1) is 5.02 Å². The van der Waals surface area contributed by atoms with Crippen molar-refractivity contribution >= 4 is 33.4 Å². The minimum atomic E-state index is -0.0577. The molecular formula is C13H16BrClN2O. The van der Waals surface area contributed by atoms with Gasteiger partial charge in [0.2, 0.25) is 0 Å². The lowest BCUT2D eigenvalue weighted by Gasteiger charge is -2.19. The molecule has 1 amide bonds. The monoisotopic (exact) mass is 330 g/mol. The smallest absolute Gasteiger partial charge is 0.251 e. The van der Waals surface area contributed by atoms with E-state index in [0.29, 0.717) is 23.0 Å². The Labute approximate surface area is 120 Å². The number of hydrogen-bond donors (Lipinski definition) is 2. The summed E-state index contributed by atoms with van der Waals surface area (Å²) in [6.45, 7) is 0.634. The summed E-state index contributed by atoms with van der Waals surface area (Å²) < 4.78 is 0.735. The van der Waals surface area contributed by atoms with Gasteiger partial charge in [0.25, 0.3) is 5.91 Å². The summed E-state index contributed by atoms with van der Waals surface area (Å²) >= 11 is 9.23. The Balaban J connectivity index is 2.05. The zero-order valence-corrected chi connectivity index (χ0v) is 12.3. The Kier molecular flexibility index (Phi) is 4.65. The van der Waals surface area contributed by atoms with Crippen molar-refractivity contribution < 1.29 is 4.79 Å². The Bertz CT molecular complexity index is 453. The summed E-state index contributed by atoms with van der Waals surface area (Å²) in [4.78, 5) is 12.1. The highest BCUT2D eigenvalue weighted by atomic mass is 79.9. The van der Waals surface area contributed by atoms with Crippen LogP contribution in [0.4, 0.5) is 0 Å². The Morgan fingerprint density at radius 1 is 1.50 bits per heavy atom. The summed E-state index contributed by atoms with van der Waals surface area (Å²) in [6.07, 6.45) is 3.26. The van der Waals surface area contributed by atoms with E-state index in [1.807, 2.05) is 0 Å². The predicted octanol–water partition coefficient (Wildman–Crippen LogP) is 2.96. The second kappa shape index (κ2) is 6.04. The molecular weight excluding hydrogens is 316 g/mol. The van der Waals surface area contributed by atoms with Crippen LogP contribution in [-0.2, 0) is 0 Å². The first kappa shape index (κ1) is 13.8. The lowest BCUT2D eigenvalue weighted by atomic mass is 10.0. The van der Waals surface area contributed by atoms with E-state index in [4.69, 9.17) is 17.3 Å². The third-order valence-electron chi connectivity index (χ3n) is 3.46. The highest BCUT2D eigenvalue weighted by Crippen LogP contribution is 2.26. The fraction of sp³-hybridized carbons (Fsp3) is 0.462. The van der Waals surface area contributed by atoms with Crippen molar-refractivity contribution in [3.8, 4) is 0 Å². The van der Waals surface area contributed by atoms with E-state index in [-0.39, 0.29) is 11.9 Å². The number of hydrogen-bond acceptors (Lipinski definition) is 2. The third-order valence-corrected chi connectivity index (χ3v) is 4.67. The highest BCUT2D eigenvalue weighted by molar-refractivity contribution is 9.10. The number of benzene rings is 1. The van der Waals surface area contributed by atoms with Gasteiger partial charge in [-0.1, -0.05) is 18.0 Å². The average molecular weight is 332 g/mol. The number of carbonyl (C=O) groups is 1. The average Bonchev–Trinajstić information content (AvgIpc) is 2.79. The molecule has 1 aliphatic rings. The fourth-order valence-corrected chi connectivity index (χ4v) is 2.89. The quantitative estimate of drug-likeness (QED) is 0.894. The molecule has 0 heterocycles. The van der Waals surface area contributed by atoms with E-state index < -0.39 is 0 Å². The van der Waals surface area contributed by atoms with Gasteiger partial charge in [-0.05, 0) is 59.4 Å². The molecule has 1 aliphatic carbocycles. The number of halogens is 2. The molecule has 18 heavy (non-hydrogen) atoms. The van der Waals surface area contributed by atoms with Gasteiger partial charge in [-0.3, -0.25) is 4.79 Å². The van der Waals surface area contributed by atoms with Crippen LogP contribution in [-0.4, -0.2) is 18.5 Å². The van der Waals surface area contributed by atoms with E-state index in [0.717, 1.165) is 23.7 Å². The predicted molar refractivity (Wildman–Crippen MR) is 76.8 cm³/mol. The molecule has 98 valence electrons. The van der Waals surface area contributed by atoms with Gasteiger partial charge >= 0.3 is 0 Å². The van der Waals surface area contributed by atoms with Gasteiger partial charge in [0.15, 0.2) is 0 Å². The number of amides is 1. The van der Waals surface area contributed by atoms with Crippen molar-refractivity contribution in [2.75, 3.05) is 6.54 Å². The van der Waals surface area contributed by atoms with Gasteiger partial charge in [0.1, 0.15) is 0 Å². The number of carbonyl (C=O) groups excluding carboxylic acids is 1. The van der Waals surface area contributed by atoms with Crippen LogP contribution >= 0.6 is 27.5 Å². The van der Waals surface area contributed by atoms with Gasteiger partial charge in [-0.25, -0.2) is 0 Å². The summed E-state index contributed by atoms with van der Waals surface area (Å²) in [6, 6.07) is 5.39. The molecule has 3 N–H and O–H groups in total. The first-order valence-corrected chi connectivity index (χ1v) is 7.25. The summed E-state index contributed by atoms with van der Waals surface area (Å²) in [5.74, 6) is 0.349. The molecule has 1 aromatic rings. The van der Waals surface area contributed by atoms with Crippen LogP contribution < -0.4 is 11.1 Å². The van der Waals surface area contributed by atoms with Crippen LogP contribution in [0.15, 0.2) is 22.7 Å². The minimum absolute atomic E-state index is 0.0577. The molecule has 5 heteroatoms. The molecule has 0 saturated heterocycles. The second-order valence-electron chi connectivity index (χ2n) is 4.64. The Morgan fingerprint density at radius 2 is 2.28 bits per heavy atom. The maximum atomic E-state index is 12.1. The first-order valence-electron chi connectivity index (χ1n) is 6.08. The first-order chi connectivity index (χ1) is 8.61.